The van der Waals surface area contributed by atoms with E-state index in [1.807, 2.05) is 12.1 Å². The number of nitrogens with zero attached hydrogens (tertiary/aromatic N) is 1. The quantitative estimate of drug-likeness (QED) is 0.873. The second-order valence-electron chi connectivity index (χ2n) is 4.53. The van der Waals surface area contributed by atoms with E-state index in [1.165, 1.54) is 0 Å². The topological polar surface area (TPSA) is 79.3 Å². The number of carboxylic acids is 1. The number of carbonyl (C=O) groups is 2. The highest BCUT2D eigenvalue weighted by Gasteiger charge is 2.17. The number of aliphatic carboxylic acids is 1. The summed E-state index contributed by atoms with van der Waals surface area (Å²) in [6.07, 6.45) is 2.15. The van der Waals surface area contributed by atoms with Crippen molar-refractivity contribution in [2.45, 2.75) is 13.3 Å². The largest absolute Gasteiger partial charge is 0.481 e. The molecular weight excluding hydrogens is 256 g/mol. The normalized spacial score (nSPS) is 12.1. The van der Waals surface area contributed by atoms with Crippen molar-refractivity contribution in [2.24, 2.45) is 5.92 Å². The lowest BCUT2D eigenvalue weighted by Gasteiger charge is -2.12. The van der Waals surface area contributed by atoms with Gasteiger partial charge in [-0.3, -0.25) is 14.6 Å². The molecule has 1 atom stereocenters. The molecule has 1 unspecified atom stereocenters. The Morgan fingerprint density at radius 1 is 1.30 bits per heavy atom. The first-order valence-electron chi connectivity index (χ1n) is 6.48. The summed E-state index contributed by atoms with van der Waals surface area (Å²) in [5.74, 6) is -1.73. The number of hydrogen-bond donors (Lipinski definition) is 2. The fourth-order valence-electron chi connectivity index (χ4n) is 2.02. The van der Waals surface area contributed by atoms with E-state index in [0.717, 1.165) is 10.9 Å². The molecule has 0 radical (unpaired) electrons. The van der Waals surface area contributed by atoms with Crippen molar-refractivity contribution in [2.75, 3.05) is 6.54 Å². The molecule has 0 saturated heterocycles. The summed E-state index contributed by atoms with van der Waals surface area (Å²) in [5, 5.41) is 12.4. The van der Waals surface area contributed by atoms with Crippen molar-refractivity contribution in [1.29, 1.82) is 0 Å². The zero-order chi connectivity index (χ0) is 14.5. The van der Waals surface area contributed by atoms with Gasteiger partial charge in [0, 0.05) is 23.7 Å². The van der Waals surface area contributed by atoms with Crippen LogP contribution in [-0.2, 0) is 4.79 Å². The Balaban J connectivity index is 2.18. The molecule has 1 heterocycles. The van der Waals surface area contributed by atoms with E-state index >= 15 is 0 Å². The lowest BCUT2D eigenvalue weighted by molar-refractivity contribution is -0.141. The molecule has 1 amide bonds. The van der Waals surface area contributed by atoms with Gasteiger partial charge in [-0.05, 0) is 24.6 Å². The average Bonchev–Trinajstić information content (AvgIpc) is 2.46. The van der Waals surface area contributed by atoms with Gasteiger partial charge in [0.25, 0.3) is 5.91 Å². The van der Waals surface area contributed by atoms with E-state index < -0.39 is 11.9 Å². The van der Waals surface area contributed by atoms with Crippen LogP contribution in [0.2, 0.25) is 0 Å². The lowest BCUT2D eigenvalue weighted by atomic mass is 10.1. The molecule has 0 aliphatic heterocycles. The maximum absolute atomic E-state index is 12.2. The number of carboxylic acid groups (broad SMARTS) is 1. The lowest BCUT2D eigenvalue weighted by Crippen LogP contribution is -2.32. The minimum Gasteiger partial charge on any atom is -0.481 e. The Kier molecular flexibility index (Phi) is 4.30. The van der Waals surface area contributed by atoms with Gasteiger partial charge < -0.3 is 10.4 Å². The number of benzene rings is 1. The highest BCUT2D eigenvalue weighted by molar-refractivity contribution is 6.06. The first kappa shape index (κ1) is 14.0. The molecule has 0 spiro atoms. The van der Waals surface area contributed by atoms with Gasteiger partial charge in [-0.15, -0.1) is 0 Å². The molecule has 5 nitrogen and oxygen atoms in total. The number of fused-ring (bicyclic) bond motifs is 1. The molecule has 2 N–H and O–H groups in total. The maximum atomic E-state index is 12.2. The standard InChI is InChI=1S/C15H16N2O3/c1-2-10(15(19)20)9-17-14(18)12-5-3-7-13-11(12)6-4-8-16-13/h3-8,10H,2,9H2,1H3,(H,17,18)(H,19,20). The Morgan fingerprint density at radius 3 is 2.80 bits per heavy atom. The predicted octanol–water partition coefficient (Wildman–Crippen LogP) is 2.08. The van der Waals surface area contributed by atoms with E-state index in [2.05, 4.69) is 10.3 Å². The number of aromatic nitrogens is 1. The Morgan fingerprint density at radius 2 is 2.10 bits per heavy atom. The molecule has 104 valence electrons. The highest BCUT2D eigenvalue weighted by Crippen LogP contribution is 2.16. The molecule has 0 aliphatic rings. The Hall–Kier alpha value is -2.43. The van der Waals surface area contributed by atoms with Crippen LogP contribution in [0.4, 0.5) is 0 Å². The number of rotatable bonds is 5. The van der Waals surface area contributed by atoms with Gasteiger partial charge in [-0.25, -0.2) is 0 Å². The van der Waals surface area contributed by atoms with Crippen molar-refractivity contribution in [3.05, 3.63) is 42.1 Å². The fourth-order valence-corrected chi connectivity index (χ4v) is 2.02. The van der Waals surface area contributed by atoms with Crippen LogP contribution in [0.15, 0.2) is 36.5 Å². The van der Waals surface area contributed by atoms with Gasteiger partial charge >= 0.3 is 5.97 Å². The van der Waals surface area contributed by atoms with E-state index in [4.69, 9.17) is 5.11 Å². The molecule has 0 bridgehead atoms. The number of pyridine rings is 1. The molecule has 20 heavy (non-hydrogen) atoms. The number of carbonyl (C=O) groups excluding carboxylic acids is 1. The van der Waals surface area contributed by atoms with Gasteiger partial charge in [-0.2, -0.15) is 0 Å². The molecular formula is C15H16N2O3. The molecule has 0 fully saturated rings. The molecule has 0 aliphatic carbocycles. The van der Waals surface area contributed by atoms with Crippen molar-refractivity contribution in [1.82, 2.24) is 10.3 Å². The van der Waals surface area contributed by atoms with E-state index in [9.17, 15) is 9.59 Å². The van der Waals surface area contributed by atoms with Crippen LogP contribution in [-0.4, -0.2) is 28.5 Å². The van der Waals surface area contributed by atoms with Crippen LogP contribution in [0, 0.1) is 5.92 Å². The second kappa shape index (κ2) is 6.14. The molecule has 2 aromatic rings. The zero-order valence-corrected chi connectivity index (χ0v) is 11.2. The summed E-state index contributed by atoms with van der Waals surface area (Å²) in [4.78, 5) is 27.3. The van der Waals surface area contributed by atoms with Crippen LogP contribution in [0.25, 0.3) is 10.9 Å². The highest BCUT2D eigenvalue weighted by atomic mass is 16.4. The smallest absolute Gasteiger partial charge is 0.308 e. The third kappa shape index (κ3) is 2.93. The first-order valence-corrected chi connectivity index (χ1v) is 6.48. The van der Waals surface area contributed by atoms with Crippen LogP contribution in [0.3, 0.4) is 0 Å². The second-order valence-corrected chi connectivity index (χ2v) is 4.53. The van der Waals surface area contributed by atoms with Crippen LogP contribution < -0.4 is 5.32 Å². The number of hydrogen-bond acceptors (Lipinski definition) is 3. The van der Waals surface area contributed by atoms with Crippen molar-refractivity contribution < 1.29 is 14.7 Å². The summed E-state index contributed by atoms with van der Waals surface area (Å²) in [6, 6.07) is 8.90. The average molecular weight is 272 g/mol. The SMILES string of the molecule is CCC(CNC(=O)c1cccc2ncccc12)C(=O)O. The van der Waals surface area contributed by atoms with Gasteiger partial charge in [0.05, 0.1) is 11.4 Å². The van der Waals surface area contributed by atoms with Crippen molar-refractivity contribution >= 4 is 22.8 Å². The molecule has 1 aromatic heterocycles. The summed E-state index contributed by atoms with van der Waals surface area (Å²) >= 11 is 0. The minimum atomic E-state index is -0.896. The minimum absolute atomic E-state index is 0.126. The van der Waals surface area contributed by atoms with Crippen molar-refractivity contribution in [3.8, 4) is 0 Å². The van der Waals surface area contributed by atoms with Crippen LogP contribution >= 0.6 is 0 Å². The van der Waals surface area contributed by atoms with E-state index in [0.29, 0.717) is 12.0 Å². The summed E-state index contributed by atoms with van der Waals surface area (Å²) in [7, 11) is 0. The molecule has 0 saturated carbocycles. The molecule has 1 aromatic carbocycles. The zero-order valence-electron chi connectivity index (χ0n) is 11.2. The summed E-state index contributed by atoms with van der Waals surface area (Å²) in [6.45, 7) is 1.91. The fraction of sp³-hybridized carbons (Fsp3) is 0.267. The monoisotopic (exact) mass is 272 g/mol. The van der Waals surface area contributed by atoms with E-state index in [1.54, 1.807) is 31.3 Å². The van der Waals surface area contributed by atoms with Crippen LogP contribution in [0.5, 0.6) is 0 Å². The van der Waals surface area contributed by atoms with Crippen molar-refractivity contribution in [3.63, 3.8) is 0 Å². The third-order valence-corrected chi connectivity index (χ3v) is 3.24. The van der Waals surface area contributed by atoms with Gasteiger partial charge in [0.1, 0.15) is 0 Å². The van der Waals surface area contributed by atoms with Gasteiger partial charge in [-0.1, -0.05) is 19.1 Å². The first-order chi connectivity index (χ1) is 9.63. The van der Waals surface area contributed by atoms with Gasteiger partial charge in [0.15, 0.2) is 0 Å². The van der Waals surface area contributed by atoms with E-state index in [-0.39, 0.29) is 12.5 Å². The predicted molar refractivity (Wildman–Crippen MR) is 75.5 cm³/mol. The Bertz CT molecular complexity index is 635. The number of nitrogens with one attached hydrogen (secondary N) is 1. The molecule has 2 rings (SSSR count). The summed E-state index contributed by atoms with van der Waals surface area (Å²) < 4.78 is 0. The third-order valence-electron chi connectivity index (χ3n) is 3.24. The number of amides is 1. The molecule has 5 heteroatoms. The Labute approximate surface area is 116 Å². The maximum Gasteiger partial charge on any atom is 0.308 e. The summed E-state index contributed by atoms with van der Waals surface area (Å²) in [5.41, 5.74) is 1.25. The van der Waals surface area contributed by atoms with Crippen LogP contribution in [0.1, 0.15) is 23.7 Å². The van der Waals surface area contributed by atoms with Gasteiger partial charge in [0.2, 0.25) is 0 Å².